The topological polar surface area (TPSA) is 58.9 Å². The highest BCUT2D eigenvalue weighted by Gasteiger charge is 2.30. The van der Waals surface area contributed by atoms with Crippen molar-refractivity contribution >= 4 is 22.8 Å². The van der Waals surface area contributed by atoms with Gasteiger partial charge in [0.05, 0.1) is 19.8 Å². The van der Waals surface area contributed by atoms with E-state index in [9.17, 15) is 4.79 Å². The first kappa shape index (κ1) is 22.6. The third kappa shape index (κ3) is 4.12. The molecule has 35 heavy (non-hydrogen) atoms. The van der Waals surface area contributed by atoms with Crippen LogP contribution in [-0.4, -0.2) is 24.6 Å². The van der Waals surface area contributed by atoms with Gasteiger partial charge in [0.15, 0.2) is 5.76 Å². The molecule has 0 bridgehead atoms. The fraction of sp³-hybridized carbons (Fsp3) is 0.207. The van der Waals surface area contributed by atoms with Crippen molar-refractivity contribution in [3.05, 3.63) is 88.8 Å². The Morgan fingerprint density at radius 3 is 2.57 bits per heavy atom. The van der Waals surface area contributed by atoms with Gasteiger partial charge in [0.2, 0.25) is 5.78 Å². The molecule has 5 rings (SSSR count). The van der Waals surface area contributed by atoms with Gasteiger partial charge in [0, 0.05) is 34.8 Å². The second kappa shape index (κ2) is 9.22. The molecule has 0 spiro atoms. The summed E-state index contributed by atoms with van der Waals surface area (Å²) in [5.74, 6) is 2.92. The highest BCUT2D eigenvalue weighted by molar-refractivity contribution is 6.15. The van der Waals surface area contributed by atoms with Crippen LogP contribution in [-0.2, 0) is 13.2 Å². The second-order valence-corrected chi connectivity index (χ2v) is 8.40. The van der Waals surface area contributed by atoms with Gasteiger partial charge in [-0.15, -0.1) is 0 Å². The number of ether oxygens (including phenoxy) is 4. The Balaban J connectivity index is 1.44. The van der Waals surface area contributed by atoms with Gasteiger partial charge in [-0.2, -0.15) is 0 Å². The molecule has 1 aliphatic rings. The number of benzene rings is 3. The largest absolute Gasteiger partial charge is 0.497 e. The van der Waals surface area contributed by atoms with Crippen LogP contribution in [0.5, 0.6) is 23.0 Å². The van der Waals surface area contributed by atoms with E-state index in [1.807, 2.05) is 67.7 Å². The van der Waals surface area contributed by atoms with Crippen LogP contribution in [0, 0.1) is 6.92 Å². The van der Waals surface area contributed by atoms with Gasteiger partial charge in [-0.3, -0.25) is 4.79 Å². The monoisotopic (exact) mass is 469 g/mol. The molecule has 1 aliphatic heterocycles. The van der Waals surface area contributed by atoms with Crippen molar-refractivity contribution in [1.82, 2.24) is 4.57 Å². The fourth-order valence-electron chi connectivity index (χ4n) is 4.40. The predicted molar refractivity (Wildman–Crippen MR) is 136 cm³/mol. The number of nitrogens with zero attached hydrogens (tertiary/aromatic N) is 1. The maximum Gasteiger partial charge on any atom is 0.231 e. The van der Waals surface area contributed by atoms with Crippen LogP contribution in [0.3, 0.4) is 0 Å². The average Bonchev–Trinajstić information content (AvgIpc) is 3.41. The first-order chi connectivity index (χ1) is 17.0. The molecule has 0 fully saturated rings. The van der Waals surface area contributed by atoms with Gasteiger partial charge in [0.1, 0.15) is 29.6 Å². The number of fused-ring (bicyclic) bond motifs is 2. The summed E-state index contributed by atoms with van der Waals surface area (Å²) in [6.07, 6.45) is 3.85. The van der Waals surface area contributed by atoms with Crippen LogP contribution in [0.15, 0.2) is 66.6 Å². The number of carbonyl (C=O) groups excluding carboxylic acids is 1. The average molecular weight is 470 g/mol. The number of Topliss-reactive ketones (excluding diaryl/α,β-unsaturated/α-hetero) is 1. The van der Waals surface area contributed by atoms with E-state index in [-0.39, 0.29) is 5.78 Å². The summed E-state index contributed by atoms with van der Waals surface area (Å²) in [4.78, 5) is 13.2. The minimum absolute atomic E-state index is 0.136. The zero-order valence-corrected chi connectivity index (χ0v) is 20.3. The van der Waals surface area contributed by atoms with Crippen LogP contribution >= 0.6 is 0 Å². The molecule has 2 heterocycles. The third-order valence-corrected chi connectivity index (χ3v) is 6.31. The van der Waals surface area contributed by atoms with Crippen molar-refractivity contribution in [2.24, 2.45) is 0 Å². The Morgan fingerprint density at radius 1 is 1.00 bits per heavy atom. The normalized spacial score (nSPS) is 13.7. The summed E-state index contributed by atoms with van der Waals surface area (Å²) in [5, 5.41) is 1.00. The van der Waals surface area contributed by atoms with Crippen molar-refractivity contribution in [2.45, 2.75) is 27.0 Å². The molecule has 0 aliphatic carbocycles. The van der Waals surface area contributed by atoms with Crippen molar-refractivity contribution < 1.29 is 23.7 Å². The van der Waals surface area contributed by atoms with Gasteiger partial charge < -0.3 is 23.5 Å². The predicted octanol–water partition coefficient (Wildman–Crippen LogP) is 6.18. The van der Waals surface area contributed by atoms with Crippen molar-refractivity contribution in [3.8, 4) is 23.0 Å². The minimum Gasteiger partial charge on any atom is -0.497 e. The number of aromatic nitrogens is 1. The molecule has 0 radical (unpaired) electrons. The number of carbonyl (C=O) groups is 1. The maximum absolute atomic E-state index is 13.2. The first-order valence-electron chi connectivity index (χ1n) is 11.5. The number of ketones is 1. The Morgan fingerprint density at radius 2 is 1.80 bits per heavy atom. The molecule has 6 heteroatoms. The molecular weight excluding hydrogens is 442 g/mol. The van der Waals surface area contributed by atoms with Gasteiger partial charge in [-0.05, 0) is 68.0 Å². The fourth-order valence-corrected chi connectivity index (χ4v) is 4.40. The zero-order valence-electron chi connectivity index (χ0n) is 20.3. The second-order valence-electron chi connectivity index (χ2n) is 8.40. The molecule has 0 saturated heterocycles. The number of allylic oxidation sites excluding steroid dienone is 1. The molecule has 0 atom stereocenters. The minimum atomic E-state index is -0.136. The summed E-state index contributed by atoms with van der Waals surface area (Å²) in [6.45, 7) is 5.19. The molecule has 178 valence electrons. The van der Waals surface area contributed by atoms with Gasteiger partial charge in [-0.1, -0.05) is 12.1 Å². The lowest BCUT2D eigenvalue weighted by atomic mass is 10.1. The summed E-state index contributed by atoms with van der Waals surface area (Å²) >= 11 is 0. The summed E-state index contributed by atoms with van der Waals surface area (Å²) < 4.78 is 25.0. The summed E-state index contributed by atoms with van der Waals surface area (Å²) in [6, 6.07) is 17.3. The summed E-state index contributed by atoms with van der Waals surface area (Å²) in [7, 11) is 3.29. The van der Waals surface area contributed by atoms with Crippen LogP contribution in [0.4, 0.5) is 0 Å². The maximum atomic E-state index is 13.2. The molecule has 0 amide bonds. The molecule has 0 saturated carbocycles. The number of aryl methyl sites for hydroxylation is 1. The zero-order chi connectivity index (χ0) is 24.5. The van der Waals surface area contributed by atoms with Gasteiger partial charge in [-0.25, -0.2) is 0 Å². The van der Waals surface area contributed by atoms with E-state index < -0.39 is 0 Å². The van der Waals surface area contributed by atoms with E-state index >= 15 is 0 Å². The molecule has 0 N–H and O–H groups in total. The van der Waals surface area contributed by atoms with Crippen LogP contribution in [0.25, 0.3) is 17.0 Å². The SMILES string of the molecule is CCn1cc(/C=C2\Oc3c(ccc(OCc4cccc(OC)c4)c3C)C2=O)c2cc(OC)ccc21. The Labute approximate surface area is 204 Å². The molecular formula is C29H27NO5. The lowest BCUT2D eigenvalue weighted by Crippen LogP contribution is -1.99. The van der Waals surface area contributed by atoms with E-state index in [4.69, 9.17) is 18.9 Å². The first-order valence-corrected chi connectivity index (χ1v) is 11.5. The molecule has 4 aromatic rings. The van der Waals surface area contributed by atoms with E-state index in [0.29, 0.717) is 29.4 Å². The van der Waals surface area contributed by atoms with Crippen molar-refractivity contribution in [2.75, 3.05) is 14.2 Å². The third-order valence-electron chi connectivity index (χ3n) is 6.31. The highest BCUT2D eigenvalue weighted by Crippen LogP contribution is 2.40. The van der Waals surface area contributed by atoms with Crippen LogP contribution in [0.2, 0.25) is 0 Å². The van der Waals surface area contributed by atoms with Crippen molar-refractivity contribution in [3.63, 3.8) is 0 Å². The molecule has 0 unspecified atom stereocenters. The van der Waals surface area contributed by atoms with Crippen molar-refractivity contribution in [1.29, 1.82) is 0 Å². The summed E-state index contributed by atoms with van der Waals surface area (Å²) in [5.41, 5.74) is 4.31. The standard InChI is InChI=1S/C29H27NO5/c1-5-30-16-20(24-15-22(33-4)9-11-25(24)30)14-27-28(31)23-10-12-26(18(2)29(23)35-27)34-17-19-7-6-8-21(13-19)32-3/h6-16H,5,17H2,1-4H3/b27-14-. The lowest BCUT2D eigenvalue weighted by molar-refractivity contribution is 0.101. The smallest absolute Gasteiger partial charge is 0.231 e. The van der Waals surface area contributed by atoms with E-state index in [0.717, 1.165) is 45.6 Å². The Bertz CT molecular complexity index is 1460. The molecule has 3 aromatic carbocycles. The number of rotatable bonds is 7. The van der Waals surface area contributed by atoms with Gasteiger partial charge >= 0.3 is 0 Å². The number of hydrogen-bond acceptors (Lipinski definition) is 5. The number of hydrogen-bond donors (Lipinski definition) is 0. The van der Waals surface area contributed by atoms with Gasteiger partial charge in [0.25, 0.3) is 0 Å². The van der Waals surface area contributed by atoms with Crippen LogP contribution < -0.4 is 18.9 Å². The number of methoxy groups -OCH3 is 2. The Hall–Kier alpha value is -4.19. The Kier molecular flexibility index (Phi) is 5.95. The lowest BCUT2D eigenvalue weighted by Gasteiger charge is -2.12. The van der Waals surface area contributed by atoms with Crippen LogP contribution in [0.1, 0.15) is 34.0 Å². The van der Waals surface area contributed by atoms with E-state index in [2.05, 4.69) is 11.5 Å². The van der Waals surface area contributed by atoms with E-state index in [1.165, 1.54) is 0 Å². The quantitative estimate of drug-likeness (QED) is 0.303. The molecule has 6 nitrogen and oxygen atoms in total. The van der Waals surface area contributed by atoms with E-state index in [1.54, 1.807) is 20.3 Å². The highest BCUT2D eigenvalue weighted by atomic mass is 16.5. The molecule has 1 aromatic heterocycles.